The molecular formula is C45H72O19. The van der Waals surface area contributed by atoms with E-state index < -0.39 is 118 Å². The summed E-state index contributed by atoms with van der Waals surface area (Å²) < 4.78 is 41.9. The number of carbonyl (C=O) groups excluding carboxylic acids is 1. The number of aliphatic hydroxyl groups is 11. The number of ether oxygens (including phenoxy) is 7. The van der Waals surface area contributed by atoms with Gasteiger partial charge in [0.15, 0.2) is 18.9 Å². The van der Waals surface area contributed by atoms with Crippen molar-refractivity contribution in [1.82, 2.24) is 0 Å². The van der Waals surface area contributed by atoms with Gasteiger partial charge in [0.25, 0.3) is 0 Å². The first-order chi connectivity index (χ1) is 30.4. The van der Waals surface area contributed by atoms with Crippen molar-refractivity contribution in [1.29, 1.82) is 0 Å². The van der Waals surface area contributed by atoms with Crippen LogP contribution in [-0.4, -0.2) is 193 Å². The Morgan fingerprint density at radius 2 is 1.27 bits per heavy atom. The van der Waals surface area contributed by atoms with E-state index in [1.54, 1.807) is 0 Å². The van der Waals surface area contributed by atoms with E-state index in [9.17, 15) is 61.0 Å². The molecule has 0 bridgehead atoms. The van der Waals surface area contributed by atoms with Gasteiger partial charge >= 0.3 is 0 Å². The maximum atomic E-state index is 14.4. The molecule has 0 aromatic heterocycles. The molecule has 0 aromatic rings. The van der Waals surface area contributed by atoms with Crippen LogP contribution in [0.5, 0.6) is 0 Å². The monoisotopic (exact) mass is 916 g/mol. The van der Waals surface area contributed by atoms with E-state index in [2.05, 4.69) is 20.8 Å². The summed E-state index contributed by atoms with van der Waals surface area (Å²) in [5, 5.41) is 113. The zero-order chi connectivity index (χ0) is 46.2. The SMILES string of the molecule is CC1=C(CCC(C)COC2OC(CO)C(O)C(O)C2O)OC2CC3C4CC(=O)C5CC(OC6OC(CO)C(O)C(O)C6OC6OC(CO)C(O)C(O)C6O)CCC5(C)C4CCC3(C)C12. The van der Waals surface area contributed by atoms with Gasteiger partial charge in [0.2, 0.25) is 0 Å². The average Bonchev–Trinajstić information content (AvgIpc) is 3.76. The fourth-order valence-electron chi connectivity index (χ4n) is 13.5. The Hall–Kier alpha value is -1.47. The Kier molecular flexibility index (Phi) is 14.6. The molecule has 25 atom stereocenters. The van der Waals surface area contributed by atoms with Gasteiger partial charge in [0.05, 0.1) is 38.3 Å². The van der Waals surface area contributed by atoms with Crippen molar-refractivity contribution in [3.63, 3.8) is 0 Å². The lowest BCUT2D eigenvalue weighted by atomic mass is 9.44. The van der Waals surface area contributed by atoms with Gasteiger partial charge in [-0.25, -0.2) is 0 Å². The number of Topliss-reactive ketones (excluding diaryl/α,β-unsaturated/α-hetero) is 1. The highest BCUT2D eigenvalue weighted by Crippen LogP contribution is 2.69. The quantitative estimate of drug-likeness (QED) is 0.0923. The van der Waals surface area contributed by atoms with Crippen molar-refractivity contribution in [3.8, 4) is 0 Å². The van der Waals surface area contributed by atoms with Gasteiger partial charge in [-0.15, -0.1) is 0 Å². The highest BCUT2D eigenvalue weighted by atomic mass is 16.8. The summed E-state index contributed by atoms with van der Waals surface area (Å²) in [4.78, 5) is 14.4. The number of hydrogen-bond donors (Lipinski definition) is 11. The van der Waals surface area contributed by atoms with Crippen LogP contribution in [0.3, 0.4) is 0 Å². The van der Waals surface area contributed by atoms with Crippen LogP contribution in [0.1, 0.15) is 85.5 Å². The maximum Gasteiger partial charge on any atom is 0.187 e. The smallest absolute Gasteiger partial charge is 0.187 e. The molecule has 0 radical (unpaired) electrons. The summed E-state index contributed by atoms with van der Waals surface area (Å²) in [5.41, 5.74) is 0.939. The van der Waals surface area contributed by atoms with Crippen LogP contribution >= 0.6 is 0 Å². The first-order valence-corrected chi connectivity index (χ1v) is 23.4. The minimum absolute atomic E-state index is 0.0273. The second-order valence-electron chi connectivity index (χ2n) is 20.8. The Bertz CT molecular complexity index is 1660. The van der Waals surface area contributed by atoms with Crippen molar-refractivity contribution in [2.45, 2.75) is 190 Å². The molecule has 3 saturated heterocycles. The Morgan fingerprint density at radius 1 is 0.688 bits per heavy atom. The minimum atomic E-state index is -1.79. The van der Waals surface area contributed by atoms with Gasteiger partial charge in [0.1, 0.15) is 85.1 Å². The zero-order valence-electron chi connectivity index (χ0n) is 37.2. The molecule has 0 amide bonds. The van der Waals surface area contributed by atoms with Crippen LogP contribution in [-0.2, 0) is 38.0 Å². The molecule has 25 unspecified atom stereocenters. The molecule has 0 spiro atoms. The summed E-state index contributed by atoms with van der Waals surface area (Å²) in [6.45, 7) is 7.19. The first kappa shape index (κ1) is 49.0. The van der Waals surface area contributed by atoms with Gasteiger partial charge in [-0.3, -0.25) is 4.79 Å². The number of carbonyl (C=O) groups is 1. The van der Waals surface area contributed by atoms with E-state index in [0.717, 1.165) is 31.4 Å². The van der Waals surface area contributed by atoms with Crippen LogP contribution in [0.15, 0.2) is 11.3 Å². The van der Waals surface area contributed by atoms with Crippen molar-refractivity contribution < 1.29 is 94.1 Å². The van der Waals surface area contributed by atoms with Gasteiger partial charge < -0.3 is 89.3 Å². The molecule has 64 heavy (non-hydrogen) atoms. The van der Waals surface area contributed by atoms with Crippen LogP contribution in [0.25, 0.3) is 0 Å². The number of allylic oxidation sites excluding steroid dienone is 1. The lowest BCUT2D eigenvalue weighted by Crippen LogP contribution is -2.65. The zero-order valence-corrected chi connectivity index (χ0v) is 37.2. The van der Waals surface area contributed by atoms with Crippen molar-refractivity contribution in [3.05, 3.63) is 11.3 Å². The number of ketones is 1. The molecule has 366 valence electrons. The lowest BCUT2D eigenvalue weighted by Gasteiger charge is -2.60. The molecule has 4 heterocycles. The van der Waals surface area contributed by atoms with Gasteiger partial charge in [-0.05, 0) is 91.9 Å². The van der Waals surface area contributed by atoms with Gasteiger partial charge in [-0.2, -0.15) is 0 Å². The summed E-state index contributed by atoms with van der Waals surface area (Å²) in [6, 6.07) is 0. The third kappa shape index (κ3) is 8.54. The fraction of sp³-hybridized carbons (Fsp3) is 0.933. The topological polar surface area (TPSA) is 304 Å². The predicted molar refractivity (Wildman–Crippen MR) is 218 cm³/mol. The fourth-order valence-corrected chi connectivity index (χ4v) is 13.5. The van der Waals surface area contributed by atoms with Crippen molar-refractivity contribution >= 4 is 5.78 Å². The molecule has 4 aliphatic heterocycles. The largest absolute Gasteiger partial charge is 0.494 e. The Balaban J connectivity index is 0.890. The third-order valence-electron chi connectivity index (χ3n) is 17.2. The predicted octanol–water partition coefficient (Wildman–Crippen LogP) is -1.65. The van der Waals surface area contributed by atoms with E-state index in [0.29, 0.717) is 43.9 Å². The highest BCUT2D eigenvalue weighted by molar-refractivity contribution is 5.83. The van der Waals surface area contributed by atoms with Crippen molar-refractivity contribution in [2.75, 3.05) is 26.4 Å². The van der Waals surface area contributed by atoms with E-state index in [-0.39, 0.29) is 53.0 Å². The van der Waals surface area contributed by atoms with E-state index >= 15 is 0 Å². The molecule has 7 fully saturated rings. The third-order valence-corrected chi connectivity index (χ3v) is 17.2. The summed E-state index contributed by atoms with van der Waals surface area (Å²) in [6.07, 6.45) is -16.2. The molecule has 0 aromatic carbocycles. The second-order valence-corrected chi connectivity index (χ2v) is 20.8. The summed E-state index contributed by atoms with van der Waals surface area (Å²) in [7, 11) is 0. The standard InChI is InChI=1S/C45H72O19/c1-18(17-58-41-38(56)35(53)32(50)28(14-46)61-41)5-6-26-19(2)31-27(60-26)13-23-21-12-25(49)24-11-20(7-9-44(24,3)22(21)8-10-45(23,31)4)59-43-40(37(55)34(52)30(16-48)63-43)64-42-39(57)36(54)33(51)29(15-47)62-42/h18,20-24,27-43,46-48,50-57H,5-17H2,1-4H3. The molecule has 11 N–H and O–H groups in total. The minimum Gasteiger partial charge on any atom is -0.494 e. The average molecular weight is 917 g/mol. The number of rotatable bonds is 13. The summed E-state index contributed by atoms with van der Waals surface area (Å²) in [5.74, 6) is 2.00. The molecular weight excluding hydrogens is 844 g/mol. The maximum absolute atomic E-state index is 14.4. The number of aliphatic hydroxyl groups excluding tert-OH is 11. The van der Waals surface area contributed by atoms with Crippen molar-refractivity contribution in [2.24, 2.45) is 46.3 Å². The molecule has 4 saturated carbocycles. The summed E-state index contributed by atoms with van der Waals surface area (Å²) >= 11 is 0. The molecule has 4 aliphatic carbocycles. The molecule has 8 rings (SSSR count). The number of hydrogen-bond acceptors (Lipinski definition) is 19. The van der Waals surface area contributed by atoms with Gasteiger partial charge in [0, 0.05) is 24.7 Å². The van der Waals surface area contributed by atoms with Gasteiger partial charge in [-0.1, -0.05) is 20.8 Å². The lowest BCUT2D eigenvalue weighted by molar-refractivity contribution is -0.373. The van der Waals surface area contributed by atoms with Crippen LogP contribution < -0.4 is 0 Å². The molecule has 8 aliphatic rings. The van der Waals surface area contributed by atoms with E-state index in [1.165, 1.54) is 5.57 Å². The molecule has 19 heteroatoms. The van der Waals surface area contributed by atoms with E-state index in [1.807, 2.05) is 6.92 Å². The Morgan fingerprint density at radius 3 is 1.91 bits per heavy atom. The molecule has 19 nitrogen and oxygen atoms in total. The van der Waals surface area contributed by atoms with E-state index in [4.69, 9.17) is 33.2 Å². The number of fused-ring (bicyclic) bond motifs is 7. The van der Waals surface area contributed by atoms with Crippen LogP contribution in [0, 0.1) is 46.3 Å². The second kappa shape index (κ2) is 19.1. The van der Waals surface area contributed by atoms with Crippen LogP contribution in [0.4, 0.5) is 0 Å². The highest BCUT2D eigenvalue weighted by Gasteiger charge is 2.66. The normalized spacial score (nSPS) is 52.1. The Labute approximate surface area is 373 Å². The van der Waals surface area contributed by atoms with Crippen LogP contribution in [0.2, 0.25) is 0 Å². The first-order valence-electron chi connectivity index (χ1n) is 23.4.